The molecule has 0 saturated carbocycles. The van der Waals surface area contributed by atoms with Gasteiger partial charge in [0.05, 0.1) is 5.69 Å². The van der Waals surface area contributed by atoms with Gasteiger partial charge in [-0.2, -0.15) is 0 Å². The number of ether oxygens (including phenoxy) is 1. The largest absolute Gasteiger partial charge is 0.455 e. The van der Waals surface area contributed by atoms with Crippen LogP contribution in [-0.2, 0) is 6.54 Å². The van der Waals surface area contributed by atoms with E-state index < -0.39 is 0 Å². The lowest BCUT2D eigenvalue weighted by Crippen LogP contribution is -2.12. The molecule has 0 radical (unpaired) electrons. The molecular formula is C14H17N3O. The van der Waals surface area contributed by atoms with Gasteiger partial charge in [-0.05, 0) is 31.7 Å². The Labute approximate surface area is 107 Å². The highest BCUT2D eigenvalue weighted by Gasteiger charge is 2.06. The van der Waals surface area contributed by atoms with Crippen LogP contribution in [0.4, 0.5) is 0 Å². The Balaban J connectivity index is 2.21. The average molecular weight is 243 g/mol. The van der Waals surface area contributed by atoms with E-state index in [0.717, 1.165) is 35.8 Å². The maximum absolute atomic E-state index is 5.89. The van der Waals surface area contributed by atoms with Crippen LogP contribution >= 0.6 is 0 Å². The number of aryl methyl sites for hydroxylation is 1. The second kappa shape index (κ2) is 6.12. The summed E-state index contributed by atoms with van der Waals surface area (Å²) in [6.45, 7) is 5.67. The summed E-state index contributed by atoms with van der Waals surface area (Å²) in [6, 6.07) is 5.66. The van der Waals surface area contributed by atoms with Gasteiger partial charge in [-0.15, -0.1) is 0 Å². The smallest absolute Gasteiger partial charge is 0.148 e. The maximum atomic E-state index is 5.89. The van der Waals surface area contributed by atoms with Crippen LogP contribution in [0.5, 0.6) is 11.5 Å². The maximum Gasteiger partial charge on any atom is 0.148 e. The molecule has 0 aliphatic rings. The molecule has 0 unspecified atom stereocenters. The van der Waals surface area contributed by atoms with Crippen molar-refractivity contribution >= 4 is 0 Å². The molecule has 2 heterocycles. The Morgan fingerprint density at radius 1 is 1.22 bits per heavy atom. The molecule has 0 amide bonds. The lowest BCUT2D eigenvalue weighted by Gasteiger charge is -2.11. The van der Waals surface area contributed by atoms with Gasteiger partial charge in [0.15, 0.2) is 0 Å². The number of aromatic nitrogens is 2. The Kier molecular flexibility index (Phi) is 4.25. The highest BCUT2D eigenvalue weighted by molar-refractivity contribution is 5.37. The van der Waals surface area contributed by atoms with Gasteiger partial charge in [-0.1, -0.05) is 6.92 Å². The van der Waals surface area contributed by atoms with Crippen molar-refractivity contribution < 1.29 is 4.74 Å². The van der Waals surface area contributed by atoms with Crippen molar-refractivity contribution in [3.8, 4) is 11.5 Å². The van der Waals surface area contributed by atoms with Gasteiger partial charge < -0.3 is 10.1 Å². The van der Waals surface area contributed by atoms with Crippen molar-refractivity contribution in [3.63, 3.8) is 0 Å². The van der Waals surface area contributed by atoms with Crippen molar-refractivity contribution in [1.29, 1.82) is 0 Å². The first-order chi connectivity index (χ1) is 8.81. The first kappa shape index (κ1) is 12.5. The summed E-state index contributed by atoms with van der Waals surface area (Å²) in [6.07, 6.45) is 5.31. The SMILES string of the molecule is CCNCc1cnccc1Oc1cccnc1C. The Bertz CT molecular complexity index is 514. The van der Waals surface area contributed by atoms with E-state index in [1.807, 2.05) is 31.3 Å². The second-order valence-electron chi connectivity index (χ2n) is 3.95. The molecular weight excluding hydrogens is 226 g/mol. The molecule has 0 bridgehead atoms. The Morgan fingerprint density at radius 2 is 2.11 bits per heavy atom. The van der Waals surface area contributed by atoms with Crippen molar-refractivity contribution in [3.05, 3.63) is 48.0 Å². The molecule has 2 aromatic heterocycles. The van der Waals surface area contributed by atoms with Crippen molar-refractivity contribution in [1.82, 2.24) is 15.3 Å². The zero-order valence-corrected chi connectivity index (χ0v) is 10.7. The van der Waals surface area contributed by atoms with Crippen LogP contribution in [0.25, 0.3) is 0 Å². The first-order valence-electron chi connectivity index (χ1n) is 6.04. The second-order valence-corrected chi connectivity index (χ2v) is 3.95. The molecule has 0 aromatic carbocycles. The van der Waals surface area contributed by atoms with Crippen molar-refractivity contribution in [2.45, 2.75) is 20.4 Å². The van der Waals surface area contributed by atoms with Gasteiger partial charge in [-0.25, -0.2) is 0 Å². The number of pyridine rings is 2. The Hall–Kier alpha value is -1.94. The fraction of sp³-hybridized carbons (Fsp3) is 0.286. The molecule has 18 heavy (non-hydrogen) atoms. The lowest BCUT2D eigenvalue weighted by atomic mass is 10.2. The van der Waals surface area contributed by atoms with Crippen LogP contribution in [0.2, 0.25) is 0 Å². The number of nitrogens with one attached hydrogen (secondary N) is 1. The minimum absolute atomic E-state index is 0.749. The van der Waals surface area contributed by atoms with E-state index in [1.54, 1.807) is 12.4 Å². The third kappa shape index (κ3) is 3.05. The number of nitrogens with zero attached hydrogens (tertiary/aromatic N) is 2. The van der Waals surface area contributed by atoms with Crippen LogP contribution in [-0.4, -0.2) is 16.5 Å². The molecule has 2 aromatic rings. The van der Waals surface area contributed by atoms with E-state index in [-0.39, 0.29) is 0 Å². The fourth-order valence-corrected chi connectivity index (χ4v) is 1.60. The quantitative estimate of drug-likeness (QED) is 0.877. The van der Waals surface area contributed by atoms with Crippen LogP contribution in [0.1, 0.15) is 18.2 Å². The summed E-state index contributed by atoms with van der Waals surface area (Å²) in [5.41, 5.74) is 1.92. The third-order valence-electron chi connectivity index (χ3n) is 2.60. The van der Waals surface area contributed by atoms with E-state index in [4.69, 9.17) is 4.74 Å². The van der Waals surface area contributed by atoms with Gasteiger partial charge >= 0.3 is 0 Å². The summed E-state index contributed by atoms with van der Waals surface area (Å²) >= 11 is 0. The van der Waals surface area contributed by atoms with Gasteiger partial charge in [0.1, 0.15) is 11.5 Å². The van der Waals surface area contributed by atoms with E-state index in [1.165, 1.54) is 0 Å². The molecule has 2 rings (SSSR count). The summed E-state index contributed by atoms with van der Waals surface area (Å²) in [5.74, 6) is 1.60. The first-order valence-corrected chi connectivity index (χ1v) is 6.04. The van der Waals surface area contributed by atoms with Crippen molar-refractivity contribution in [2.75, 3.05) is 6.54 Å². The normalized spacial score (nSPS) is 10.3. The zero-order valence-electron chi connectivity index (χ0n) is 10.7. The predicted molar refractivity (Wildman–Crippen MR) is 70.7 cm³/mol. The van der Waals surface area contributed by atoms with E-state index in [9.17, 15) is 0 Å². The predicted octanol–water partition coefficient (Wildman–Crippen LogP) is 2.69. The fourth-order valence-electron chi connectivity index (χ4n) is 1.60. The molecule has 0 atom stereocenters. The summed E-state index contributed by atoms with van der Waals surface area (Å²) in [5, 5.41) is 3.27. The summed E-state index contributed by atoms with van der Waals surface area (Å²) in [7, 11) is 0. The van der Waals surface area contributed by atoms with Crippen LogP contribution < -0.4 is 10.1 Å². The molecule has 0 aliphatic carbocycles. The molecule has 0 aliphatic heterocycles. The number of hydrogen-bond donors (Lipinski definition) is 1. The molecule has 4 heteroatoms. The third-order valence-corrected chi connectivity index (χ3v) is 2.60. The highest BCUT2D eigenvalue weighted by atomic mass is 16.5. The molecule has 0 fully saturated rings. The monoisotopic (exact) mass is 243 g/mol. The minimum atomic E-state index is 0.749. The van der Waals surface area contributed by atoms with Crippen molar-refractivity contribution in [2.24, 2.45) is 0 Å². The number of hydrogen-bond acceptors (Lipinski definition) is 4. The summed E-state index contributed by atoms with van der Waals surface area (Å²) < 4.78 is 5.89. The van der Waals surface area contributed by atoms with E-state index in [0.29, 0.717) is 0 Å². The molecule has 0 spiro atoms. The number of rotatable bonds is 5. The highest BCUT2D eigenvalue weighted by Crippen LogP contribution is 2.25. The van der Waals surface area contributed by atoms with E-state index in [2.05, 4.69) is 22.2 Å². The van der Waals surface area contributed by atoms with Gasteiger partial charge in [0.2, 0.25) is 0 Å². The molecule has 94 valence electrons. The summed E-state index contributed by atoms with van der Waals surface area (Å²) in [4.78, 5) is 8.34. The molecule has 1 N–H and O–H groups in total. The van der Waals surface area contributed by atoms with Gasteiger partial charge in [0, 0.05) is 30.7 Å². The Morgan fingerprint density at radius 3 is 2.89 bits per heavy atom. The lowest BCUT2D eigenvalue weighted by molar-refractivity contribution is 0.466. The van der Waals surface area contributed by atoms with Gasteiger partial charge in [-0.3, -0.25) is 9.97 Å². The van der Waals surface area contributed by atoms with Gasteiger partial charge in [0.25, 0.3) is 0 Å². The standard InChI is InChI=1S/C14H17N3O/c1-3-15-9-12-10-16-8-6-14(12)18-13-5-4-7-17-11(13)2/h4-8,10,15H,3,9H2,1-2H3. The zero-order chi connectivity index (χ0) is 12.8. The minimum Gasteiger partial charge on any atom is -0.455 e. The van der Waals surface area contributed by atoms with Crippen LogP contribution in [0.15, 0.2) is 36.8 Å². The van der Waals surface area contributed by atoms with Crippen LogP contribution in [0, 0.1) is 6.92 Å². The van der Waals surface area contributed by atoms with Crippen LogP contribution in [0.3, 0.4) is 0 Å². The average Bonchev–Trinajstić information content (AvgIpc) is 2.40. The van der Waals surface area contributed by atoms with E-state index >= 15 is 0 Å². The molecule has 0 saturated heterocycles. The molecule has 4 nitrogen and oxygen atoms in total. The topological polar surface area (TPSA) is 47.0 Å².